The Morgan fingerprint density at radius 1 is 1.06 bits per heavy atom. The molecule has 0 aliphatic carbocycles. The zero-order chi connectivity index (χ0) is 25.1. The van der Waals surface area contributed by atoms with Gasteiger partial charge in [-0.05, 0) is 75.0 Å². The minimum atomic E-state index is -0.224. The smallest absolute Gasteiger partial charge is 0.143 e. The molecule has 6 nitrogen and oxygen atoms in total. The normalized spacial score (nSPS) is 20.0. The summed E-state index contributed by atoms with van der Waals surface area (Å²) >= 11 is 6.66. The molecular weight excluding hydrogens is 475 g/mol. The SMILES string of the molecule is CCC1=CN=C(N)C(Cl)=C(N2CCC(c3nc(-c4ccc(F)cc4)cn3CCN3CCCC3)CC2)C1. The van der Waals surface area contributed by atoms with Crippen LogP contribution in [-0.4, -0.2) is 57.9 Å². The number of benzene rings is 1. The molecule has 0 bridgehead atoms. The predicted octanol–water partition coefficient (Wildman–Crippen LogP) is 5.47. The summed E-state index contributed by atoms with van der Waals surface area (Å²) in [6.45, 7) is 8.29. The van der Waals surface area contributed by atoms with Gasteiger partial charge in [0.05, 0.1) is 5.69 Å². The largest absolute Gasteiger partial charge is 0.382 e. The molecule has 0 amide bonds. The van der Waals surface area contributed by atoms with Crippen molar-refractivity contribution in [2.45, 2.75) is 57.9 Å². The summed E-state index contributed by atoms with van der Waals surface area (Å²) in [6.07, 6.45) is 10.3. The van der Waals surface area contributed by atoms with Crippen LogP contribution in [0, 0.1) is 5.82 Å². The zero-order valence-corrected chi connectivity index (χ0v) is 21.9. The van der Waals surface area contributed by atoms with Gasteiger partial charge in [0.25, 0.3) is 0 Å². The number of piperidine rings is 1. The van der Waals surface area contributed by atoms with Crippen LogP contribution in [0.4, 0.5) is 4.39 Å². The van der Waals surface area contributed by atoms with Gasteiger partial charge in [0.1, 0.15) is 22.5 Å². The van der Waals surface area contributed by atoms with Crippen LogP contribution < -0.4 is 5.73 Å². The third kappa shape index (κ3) is 5.52. The van der Waals surface area contributed by atoms with E-state index in [4.69, 9.17) is 22.3 Å². The highest BCUT2D eigenvalue weighted by molar-refractivity contribution is 6.43. The van der Waals surface area contributed by atoms with Crippen molar-refractivity contribution in [3.63, 3.8) is 0 Å². The predicted molar refractivity (Wildman–Crippen MR) is 144 cm³/mol. The summed E-state index contributed by atoms with van der Waals surface area (Å²) < 4.78 is 15.9. The molecule has 4 heterocycles. The summed E-state index contributed by atoms with van der Waals surface area (Å²) in [4.78, 5) is 14.4. The fourth-order valence-electron chi connectivity index (χ4n) is 5.53. The van der Waals surface area contributed by atoms with E-state index in [1.165, 1.54) is 43.6 Å². The molecule has 5 rings (SSSR count). The Balaban J connectivity index is 1.34. The van der Waals surface area contributed by atoms with Gasteiger partial charge in [0.2, 0.25) is 0 Å². The lowest BCUT2D eigenvalue weighted by Crippen LogP contribution is -2.35. The maximum absolute atomic E-state index is 13.5. The summed E-state index contributed by atoms with van der Waals surface area (Å²) in [5.41, 5.74) is 10.3. The van der Waals surface area contributed by atoms with Gasteiger partial charge in [0, 0.05) is 62.2 Å². The second-order valence-electron chi connectivity index (χ2n) is 10.1. The zero-order valence-electron chi connectivity index (χ0n) is 21.1. The van der Waals surface area contributed by atoms with Crippen molar-refractivity contribution in [1.29, 1.82) is 0 Å². The molecule has 2 aromatic rings. The Bertz CT molecular complexity index is 1150. The van der Waals surface area contributed by atoms with Crippen LogP contribution in [0.1, 0.15) is 57.2 Å². The number of nitrogens with zero attached hydrogens (tertiary/aromatic N) is 5. The van der Waals surface area contributed by atoms with Crippen LogP contribution in [0.3, 0.4) is 0 Å². The lowest BCUT2D eigenvalue weighted by Gasteiger charge is -2.35. The first-order chi connectivity index (χ1) is 17.5. The van der Waals surface area contributed by atoms with E-state index in [0.29, 0.717) is 16.8 Å². The van der Waals surface area contributed by atoms with E-state index < -0.39 is 0 Å². The average Bonchev–Trinajstić information content (AvgIpc) is 3.55. The molecule has 2 N–H and O–H groups in total. The molecule has 0 unspecified atom stereocenters. The third-order valence-corrected chi connectivity index (χ3v) is 8.17. The third-order valence-electron chi connectivity index (χ3n) is 7.76. The minimum absolute atomic E-state index is 0.224. The van der Waals surface area contributed by atoms with Gasteiger partial charge in [0.15, 0.2) is 0 Å². The maximum Gasteiger partial charge on any atom is 0.143 e. The van der Waals surface area contributed by atoms with Crippen molar-refractivity contribution in [2.75, 3.05) is 32.7 Å². The molecule has 0 saturated carbocycles. The number of amidine groups is 1. The summed E-state index contributed by atoms with van der Waals surface area (Å²) in [7, 11) is 0. The average molecular weight is 511 g/mol. The van der Waals surface area contributed by atoms with Crippen LogP contribution in [0.2, 0.25) is 0 Å². The van der Waals surface area contributed by atoms with Crippen molar-refractivity contribution >= 4 is 17.4 Å². The van der Waals surface area contributed by atoms with Gasteiger partial charge >= 0.3 is 0 Å². The highest BCUT2D eigenvalue weighted by Gasteiger charge is 2.28. The van der Waals surface area contributed by atoms with Gasteiger partial charge in [-0.25, -0.2) is 14.4 Å². The molecule has 1 aromatic carbocycles. The number of hydrogen-bond donors (Lipinski definition) is 1. The van der Waals surface area contributed by atoms with Crippen molar-refractivity contribution in [2.24, 2.45) is 10.7 Å². The highest BCUT2D eigenvalue weighted by atomic mass is 35.5. The fourth-order valence-corrected chi connectivity index (χ4v) is 5.76. The first-order valence-corrected chi connectivity index (χ1v) is 13.6. The molecule has 2 saturated heterocycles. The molecule has 3 aliphatic rings. The number of allylic oxidation sites excluding steroid dienone is 1. The van der Waals surface area contributed by atoms with E-state index in [2.05, 4.69) is 32.5 Å². The summed E-state index contributed by atoms with van der Waals surface area (Å²) in [5.74, 6) is 1.69. The fraction of sp³-hybridized carbons (Fsp3) is 0.500. The van der Waals surface area contributed by atoms with E-state index in [-0.39, 0.29) is 5.82 Å². The number of halogens is 2. The molecule has 3 aliphatic heterocycles. The molecule has 36 heavy (non-hydrogen) atoms. The van der Waals surface area contributed by atoms with Crippen molar-refractivity contribution in [3.8, 4) is 11.3 Å². The number of hydrogen-bond acceptors (Lipinski definition) is 5. The molecule has 2 fully saturated rings. The number of aromatic nitrogens is 2. The molecule has 0 radical (unpaired) electrons. The molecular formula is C28H36ClFN6. The van der Waals surface area contributed by atoms with Gasteiger partial charge in [-0.2, -0.15) is 0 Å². The van der Waals surface area contributed by atoms with Crippen LogP contribution in [-0.2, 0) is 6.54 Å². The van der Waals surface area contributed by atoms with Crippen LogP contribution in [0.5, 0.6) is 0 Å². The molecule has 8 heteroatoms. The van der Waals surface area contributed by atoms with E-state index in [1.807, 2.05) is 18.3 Å². The van der Waals surface area contributed by atoms with Gasteiger partial charge in [-0.15, -0.1) is 0 Å². The second-order valence-corrected chi connectivity index (χ2v) is 10.5. The Hall–Kier alpha value is -2.64. The van der Waals surface area contributed by atoms with Crippen LogP contribution >= 0.6 is 11.6 Å². The van der Waals surface area contributed by atoms with Gasteiger partial charge in [-0.3, -0.25) is 0 Å². The Kier molecular flexibility index (Phi) is 7.77. The van der Waals surface area contributed by atoms with Crippen LogP contribution in [0.25, 0.3) is 11.3 Å². The number of nitrogens with two attached hydrogens (primary N) is 1. The summed E-state index contributed by atoms with van der Waals surface area (Å²) in [5, 5.41) is 0.582. The van der Waals surface area contributed by atoms with E-state index in [9.17, 15) is 4.39 Å². The maximum atomic E-state index is 13.5. The van der Waals surface area contributed by atoms with Crippen molar-refractivity contribution in [1.82, 2.24) is 19.4 Å². The first-order valence-electron chi connectivity index (χ1n) is 13.2. The number of aliphatic imine (C=N–C) groups is 1. The van der Waals surface area contributed by atoms with E-state index in [0.717, 1.165) is 74.6 Å². The number of likely N-dealkylation sites (tertiary alicyclic amines) is 2. The lowest BCUT2D eigenvalue weighted by atomic mass is 9.94. The molecule has 192 valence electrons. The van der Waals surface area contributed by atoms with Crippen molar-refractivity contribution in [3.05, 3.63) is 64.6 Å². The molecule has 0 spiro atoms. The monoisotopic (exact) mass is 510 g/mol. The summed E-state index contributed by atoms with van der Waals surface area (Å²) in [6, 6.07) is 6.66. The molecule has 1 aromatic heterocycles. The minimum Gasteiger partial charge on any atom is -0.382 e. The quantitative estimate of drug-likeness (QED) is 0.536. The van der Waals surface area contributed by atoms with E-state index >= 15 is 0 Å². The number of imidazole rings is 1. The Morgan fingerprint density at radius 2 is 1.78 bits per heavy atom. The lowest BCUT2D eigenvalue weighted by molar-refractivity contribution is 0.249. The topological polar surface area (TPSA) is 62.7 Å². The van der Waals surface area contributed by atoms with Gasteiger partial charge in [-0.1, -0.05) is 18.5 Å². The van der Waals surface area contributed by atoms with Crippen LogP contribution in [0.15, 0.2) is 58.0 Å². The number of rotatable bonds is 7. The Morgan fingerprint density at radius 3 is 2.47 bits per heavy atom. The Labute approximate surface area is 218 Å². The van der Waals surface area contributed by atoms with Crippen molar-refractivity contribution < 1.29 is 4.39 Å². The standard InChI is InChI=1S/C28H36ClFN6/c1-2-20-17-25(26(29)27(31)32-18-20)35-13-9-22(10-14-35)28-33-24(21-5-7-23(30)8-6-21)19-36(28)16-15-34-11-3-4-12-34/h5-8,18-19,22H,2-4,9-17H2,1H3,(H2,31,32). The highest BCUT2D eigenvalue weighted by Crippen LogP contribution is 2.34. The first kappa shape index (κ1) is 25.0. The van der Waals surface area contributed by atoms with Gasteiger partial charge < -0.3 is 20.1 Å². The van der Waals surface area contributed by atoms with E-state index in [1.54, 1.807) is 0 Å². The second kappa shape index (κ2) is 11.2. The molecule has 0 atom stereocenters.